The van der Waals surface area contributed by atoms with Gasteiger partial charge in [0, 0.05) is 56.7 Å². The topological polar surface area (TPSA) is 86.1 Å². The van der Waals surface area contributed by atoms with Crippen LogP contribution in [0.1, 0.15) is 19.3 Å². The summed E-state index contributed by atoms with van der Waals surface area (Å²) >= 11 is 0. The summed E-state index contributed by atoms with van der Waals surface area (Å²) in [6, 6.07) is 5.47. The Morgan fingerprint density at radius 1 is 1.22 bits per heavy atom. The predicted octanol–water partition coefficient (Wildman–Crippen LogP) is 1.40. The second kappa shape index (κ2) is 9.28. The van der Waals surface area contributed by atoms with Gasteiger partial charge in [0.05, 0.1) is 20.3 Å². The number of rotatable bonds is 7. The number of methoxy groups -OCH3 is 2. The van der Waals surface area contributed by atoms with Crippen molar-refractivity contribution in [1.82, 2.24) is 5.32 Å². The minimum absolute atomic E-state index is 0.0385. The molecule has 2 aliphatic heterocycles. The Hall–Kier alpha value is -1.99. The average molecular weight is 377 g/mol. The number of anilines is 1. The van der Waals surface area contributed by atoms with E-state index in [0.717, 1.165) is 49.5 Å². The molecule has 0 spiro atoms. The molecule has 1 amide bonds. The van der Waals surface area contributed by atoms with Crippen molar-refractivity contribution in [3.05, 3.63) is 18.2 Å². The van der Waals surface area contributed by atoms with E-state index in [1.165, 1.54) is 0 Å². The van der Waals surface area contributed by atoms with Gasteiger partial charge >= 0.3 is 0 Å². The minimum Gasteiger partial charge on any atom is -0.497 e. The molecule has 3 rings (SSSR count). The first-order chi connectivity index (χ1) is 13.1. The Labute approximate surface area is 161 Å². The first kappa shape index (κ1) is 19.8. The van der Waals surface area contributed by atoms with Gasteiger partial charge < -0.3 is 30.2 Å². The molecule has 0 saturated carbocycles. The third-order valence-electron chi connectivity index (χ3n) is 5.63. The predicted molar refractivity (Wildman–Crippen MR) is 104 cm³/mol. The fourth-order valence-electron chi connectivity index (χ4n) is 3.86. The zero-order valence-corrected chi connectivity index (χ0v) is 16.3. The van der Waals surface area contributed by atoms with Crippen molar-refractivity contribution in [2.45, 2.75) is 25.3 Å². The molecule has 2 fully saturated rings. The summed E-state index contributed by atoms with van der Waals surface area (Å²) in [5.41, 5.74) is 7.24. The van der Waals surface area contributed by atoms with Crippen molar-refractivity contribution >= 4 is 11.6 Å². The molecule has 27 heavy (non-hydrogen) atoms. The fraction of sp³-hybridized carbons (Fsp3) is 0.650. The Kier molecular flexibility index (Phi) is 6.79. The quantitative estimate of drug-likeness (QED) is 0.747. The summed E-state index contributed by atoms with van der Waals surface area (Å²) in [6.45, 7) is 3.90. The second-order valence-electron chi connectivity index (χ2n) is 7.39. The van der Waals surface area contributed by atoms with Crippen LogP contribution in [0.25, 0.3) is 0 Å². The average Bonchev–Trinajstić information content (AvgIpc) is 3.20. The Morgan fingerprint density at radius 2 is 1.89 bits per heavy atom. The monoisotopic (exact) mass is 377 g/mol. The lowest BCUT2D eigenvalue weighted by Gasteiger charge is -2.27. The Morgan fingerprint density at radius 3 is 2.52 bits per heavy atom. The number of nitrogens with one attached hydrogen (secondary N) is 1. The van der Waals surface area contributed by atoms with E-state index in [9.17, 15) is 4.79 Å². The molecule has 2 atom stereocenters. The van der Waals surface area contributed by atoms with Gasteiger partial charge in [0.2, 0.25) is 5.91 Å². The number of amides is 1. The van der Waals surface area contributed by atoms with Gasteiger partial charge in [-0.25, -0.2) is 0 Å². The largest absolute Gasteiger partial charge is 0.497 e. The van der Waals surface area contributed by atoms with Crippen LogP contribution in [0.4, 0.5) is 5.69 Å². The second-order valence-corrected chi connectivity index (χ2v) is 7.39. The van der Waals surface area contributed by atoms with Gasteiger partial charge in [-0.15, -0.1) is 0 Å². The number of carbonyl (C=O) groups is 1. The summed E-state index contributed by atoms with van der Waals surface area (Å²) in [7, 11) is 3.31. The van der Waals surface area contributed by atoms with E-state index in [-0.39, 0.29) is 11.8 Å². The highest BCUT2D eigenvalue weighted by Gasteiger charge is 2.28. The van der Waals surface area contributed by atoms with Crippen molar-refractivity contribution in [3.8, 4) is 11.5 Å². The van der Waals surface area contributed by atoms with Crippen LogP contribution >= 0.6 is 0 Å². The standard InChI is InChI=1S/C20H31N3O4/c1-25-17-9-16(10-18(11-17)26-2)23-6-3-14(13-23)12-22-20(24)19(21)15-4-7-27-8-5-15/h9-11,14-15,19H,3-8,12-13,21H2,1-2H3,(H,22,24). The van der Waals surface area contributed by atoms with Crippen LogP contribution in [0, 0.1) is 11.8 Å². The summed E-state index contributed by atoms with van der Waals surface area (Å²) < 4.78 is 16.1. The number of ether oxygens (including phenoxy) is 3. The van der Waals surface area contributed by atoms with Gasteiger partial charge in [0.15, 0.2) is 0 Å². The SMILES string of the molecule is COc1cc(OC)cc(N2CCC(CNC(=O)C(N)C3CCOCC3)C2)c1. The third-order valence-corrected chi connectivity index (χ3v) is 5.63. The molecular weight excluding hydrogens is 346 g/mol. The van der Waals surface area contributed by atoms with E-state index < -0.39 is 6.04 Å². The molecule has 7 heteroatoms. The van der Waals surface area contributed by atoms with Gasteiger partial charge in [-0.05, 0) is 31.1 Å². The molecule has 7 nitrogen and oxygen atoms in total. The first-order valence-corrected chi connectivity index (χ1v) is 9.69. The van der Waals surface area contributed by atoms with Gasteiger partial charge in [0.25, 0.3) is 0 Å². The van der Waals surface area contributed by atoms with Crippen LogP contribution in [0.2, 0.25) is 0 Å². The van der Waals surface area contributed by atoms with Crippen molar-refractivity contribution in [2.75, 3.05) is 52.0 Å². The summed E-state index contributed by atoms with van der Waals surface area (Å²) in [5, 5.41) is 3.06. The fourth-order valence-corrected chi connectivity index (χ4v) is 3.86. The molecular formula is C20H31N3O4. The van der Waals surface area contributed by atoms with Crippen LogP contribution in [0.5, 0.6) is 11.5 Å². The van der Waals surface area contributed by atoms with Crippen LogP contribution in [-0.4, -0.2) is 59.0 Å². The zero-order valence-electron chi connectivity index (χ0n) is 16.3. The Balaban J connectivity index is 1.50. The normalized spacial score (nSPS) is 21.7. The highest BCUT2D eigenvalue weighted by molar-refractivity contribution is 5.81. The number of hydrogen-bond acceptors (Lipinski definition) is 6. The molecule has 3 N–H and O–H groups in total. The molecule has 2 saturated heterocycles. The first-order valence-electron chi connectivity index (χ1n) is 9.69. The van der Waals surface area contributed by atoms with E-state index in [1.54, 1.807) is 14.2 Å². The highest BCUT2D eigenvalue weighted by Crippen LogP contribution is 2.31. The number of hydrogen-bond donors (Lipinski definition) is 2. The molecule has 0 bridgehead atoms. The van der Waals surface area contributed by atoms with Gasteiger partial charge in [-0.3, -0.25) is 4.79 Å². The summed E-state index contributed by atoms with van der Waals surface area (Å²) in [6.07, 6.45) is 2.76. The molecule has 150 valence electrons. The number of carbonyl (C=O) groups excluding carboxylic acids is 1. The lowest BCUT2D eigenvalue weighted by molar-refractivity contribution is -0.124. The number of benzene rings is 1. The number of nitrogens with zero attached hydrogens (tertiary/aromatic N) is 1. The van der Waals surface area contributed by atoms with Gasteiger partial charge in [-0.2, -0.15) is 0 Å². The summed E-state index contributed by atoms with van der Waals surface area (Å²) in [4.78, 5) is 14.7. The van der Waals surface area contributed by atoms with Crippen molar-refractivity contribution < 1.29 is 19.0 Å². The number of nitrogens with two attached hydrogens (primary N) is 1. The smallest absolute Gasteiger partial charge is 0.237 e. The van der Waals surface area contributed by atoms with E-state index in [1.807, 2.05) is 18.2 Å². The molecule has 0 aromatic heterocycles. The van der Waals surface area contributed by atoms with Gasteiger partial charge in [-0.1, -0.05) is 0 Å². The third kappa shape index (κ3) is 5.05. The lowest BCUT2D eigenvalue weighted by Crippen LogP contribution is -2.48. The maximum absolute atomic E-state index is 12.4. The van der Waals surface area contributed by atoms with Crippen molar-refractivity contribution in [3.63, 3.8) is 0 Å². The molecule has 2 aliphatic rings. The molecule has 2 unspecified atom stereocenters. The Bertz CT molecular complexity index is 611. The minimum atomic E-state index is -0.436. The molecule has 2 heterocycles. The van der Waals surface area contributed by atoms with Crippen molar-refractivity contribution in [1.29, 1.82) is 0 Å². The van der Waals surface area contributed by atoms with Gasteiger partial charge in [0.1, 0.15) is 11.5 Å². The molecule has 0 aliphatic carbocycles. The van der Waals surface area contributed by atoms with E-state index >= 15 is 0 Å². The van der Waals surface area contributed by atoms with Crippen LogP contribution in [-0.2, 0) is 9.53 Å². The van der Waals surface area contributed by atoms with E-state index in [4.69, 9.17) is 19.9 Å². The maximum Gasteiger partial charge on any atom is 0.237 e. The lowest BCUT2D eigenvalue weighted by atomic mass is 9.92. The highest BCUT2D eigenvalue weighted by atomic mass is 16.5. The van der Waals surface area contributed by atoms with Crippen molar-refractivity contribution in [2.24, 2.45) is 17.6 Å². The molecule has 0 radical (unpaired) electrons. The molecule has 1 aromatic rings. The van der Waals surface area contributed by atoms with Crippen LogP contribution < -0.4 is 25.4 Å². The van der Waals surface area contributed by atoms with Crippen LogP contribution in [0.15, 0.2) is 18.2 Å². The van der Waals surface area contributed by atoms with Crippen LogP contribution in [0.3, 0.4) is 0 Å². The molecule has 1 aromatic carbocycles. The summed E-state index contributed by atoms with van der Waals surface area (Å²) in [5.74, 6) is 2.16. The van der Waals surface area contributed by atoms with E-state index in [2.05, 4.69) is 10.2 Å². The van der Waals surface area contributed by atoms with E-state index in [0.29, 0.717) is 25.7 Å². The zero-order chi connectivity index (χ0) is 19.2. The maximum atomic E-state index is 12.4.